The zero-order valence-corrected chi connectivity index (χ0v) is 15.5. The number of hydrogen-bond acceptors (Lipinski definition) is 5. The highest BCUT2D eigenvalue weighted by Gasteiger charge is 2.58. The normalized spacial score (nSPS) is 21.5. The highest BCUT2D eigenvalue weighted by Crippen LogP contribution is 2.39. The average molecular weight is 382 g/mol. The summed E-state index contributed by atoms with van der Waals surface area (Å²) >= 11 is 6.20. The van der Waals surface area contributed by atoms with Crippen LogP contribution < -0.4 is 9.91 Å². The summed E-state index contributed by atoms with van der Waals surface area (Å²) in [6.45, 7) is 3.30. The molecule has 7 heteroatoms. The van der Waals surface area contributed by atoms with Gasteiger partial charge in [-0.05, 0) is 31.2 Å². The van der Waals surface area contributed by atoms with Crippen molar-refractivity contribution >= 4 is 46.3 Å². The van der Waals surface area contributed by atoms with Gasteiger partial charge in [0, 0.05) is 6.92 Å². The predicted molar refractivity (Wildman–Crippen MR) is 103 cm³/mol. The maximum absolute atomic E-state index is 13.2. The molecule has 6 nitrogen and oxygen atoms in total. The molecule has 136 valence electrons. The van der Waals surface area contributed by atoms with Crippen LogP contribution in [0.25, 0.3) is 0 Å². The van der Waals surface area contributed by atoms with Crippen molar-refractivity contribution in [3.8, 4) is 0 Å². The molecule has 0 aromatic heterocycles. The van der Waals surface area contributed by atoms with E-state index in [4.69, 9.17) is 11.6 Å². The number of carbonyl (C=O) groups excluding carboxylic acids is 3. The summed E-state index contributed by atoms with van der Waals surface area (Å²) in [5.74, 6) is -2.20. The topological polar surface area (TPSA) is 70.1 Å². The number of rotatable bonds is 3. The summed E-state index contributed by atoms with van der Waals surface area (Å²) in [4.78, 5) is 39.5. The monoisotopic (exact) mass is 381 g/mol. The van der Waals surface area contributed by atoms with Crippen molar-refractivity contribution in [2.24, 2.45) is 11.0 Å². The standard InChI is InChI=1S/C20H16ClN3O3/c1-11-7-9-13(10-8-11)24-18-16(17(22-24)12(2)25)19(26)23(20(18)27)15-6-4-3-5-14(15)21/h3-10,16,18H,1-2H3/t16-,18-/m0/s1. The SMILES string of the molecule is CC(=O)C1=NN(c2ccc(C)cc2)[C@@H]2C(=O)N(c3ccccc3Cl)C(=O)[C@@H]12. The number of carbonyl (C=O) groups is 3. The first-order valence-corrected chi connectivity index (χ1v) is 8.85. The van der Waals surface area contributed by atoms with Crippen LogP contribution in [0.5, 0.6) is 0 Å². The molecule has 2 aromatic carbocycles. The van der Waals surface area contributed by atoms with Crippen LogP contribution in [0, 0.1) is 12.8 Å². The third kappa shape index (κ3) is 2.64. The lowest BCUT2D eigenvalue weighted by Gasteiger charge is -2.22. The first-order valence-electron chi connectivity index (χ1n) is 8.48. The molecule has 0 bridgehead atoms. The van der Waals surface area contributed by atoms with Crippen LogP contribution in [-0.2, 0) is 14.4 Å². The molecule has 0 N–H and O–H groups in total. The highest BCUT2D eigenvalue weighted by molar-refractivity contribution is 6.49. The van der Waals surface area contributed by atoms with Crippen molar-refractivity contribution in [3.05, 3.63) is 59.1 Å². The van der Waals surface area contributed by atoms with Gasteiger partial charge in [-0.1, -0.05) is 41.4 Å². The fourth-order valence-corrected chi connectivity index (χ4v) is 3.71. The first-order chi connectivity index (χ1) is 12.9. The van der Waals surface area contributed by atoms with Crippen LogP contribution in [-0.4, -0.2) is 29.4 Å². The molecule has 2 aromatic rings. The van der Waals surface area contributed by atoms with Crippen LogP contribution in [0.15, 0.2) is 53.6 Å². The number of amides is 2. The van der Waals surface area contributed by atoms with E-state index in [1.807, 2.05) is 31.2 Å². The number of ketones is 1. The van der Waals surface area contributed by atoms with E-state index >= 15 is 0 Å². The van der Waals surface area contributed by atoms with Gasteiger partial charge < -0.3 is 0 Å². The number of imide groups is 1. The second-order valence-corrected chi connectivity index (χ2v) is 7.01. The predicted octanol–water partition coefficient (Wildman–Crippen LogP) is 2.97. The number of benzene rings is 2. The Hall–Kier alpha value is -2.99. The molecular formula is C20H16ClN3O3. The lowest BCUT2D eigenvalue weighted by molar-refractivity contribution is -0.122. The van der Waals surface area contributed by atoms with Gasteiger partial charge in [-0.15, -0.1) is 0 Å². The van der Waals surface area contributed by atoms with Crippen LogP contribution >= 0.6 is 11.6 Å². The van der Waals surface area contributed by atoms with Gasteiger partial charge in [-0.25, -0.2) is 4.90 Å². The Balaban J connectivity index is 1.82. The van der Waals surface area contributed by atoms with Crippen LogP contribution in [0.4, 0.5) is 11.4 Å². The lowest BCUT2D eigenvalue weighted by Crippen LogP contribution is -2.39. The maximum Gasteiger partial charge on any atom is 0.259 e. The second-order valence-electron chi connectivity index (χ2n) is 6.61. The Morgan fingerprint density at radius 3 is 2.33 bits per heavy atom. The number of hydrazone groups is 1. The second kappa shape index (κ2) is 6.32. The Bertz CT molecular complexity index is 1000. The summed E-state index contributed by atoms with van der Waals surface area (Å²) in [7, 11) is 0. The number of halogens is 1. The van der Waals surface area contributed by atoms with Gasteiger partial charge in [0.25, 0.3) is 5.91 Å². The molecule has 1 fully saturated rings. The molecule has 1 saturated heterocycles. The van der Waals surface area contributed by atoms with Crippen LogP contribution in [0.1, 0.15) is 12.5 Å². The van der Waals surface area contributed by atoms with Crippen molar-refractivity contribution in [2.45, 2.75) is 19.9 Å². The molecule has 2 heterocycles. The van der Waals surface area contributed by atoms with E-state index in [2.05, 4.69) is 5.10 Å². The Kier molecular flexibility index (Phi) is 4.08. The molecule has 0 aliphatic carbocycles. The lowest BCUT2D eigenvalue weighted by atomic mass is 9.95. The van der Waals surface area contributed by atoms with Crippen LogP contribution in [0.3, 0.4) is 0 Å². The van der Waals surface area contributed by atoms with Crippen molar-refractivity contribution < 1.29 is 14.4 Å². The van der Waals surface area contributed by atoms with E-state index in [-0.39, 0.29) is 11.5 Å². The van der Waals surface area contributed by atoms with Gasteiger partial charge in [0.15, 0.2) is 5.78 Å². The summed E-state index contributed by atoms with van der Waals surface area (Å²) in [5.41, 5.74) is 2.11. The third-order valence-corrected chi connectivity index (χ3v) is 5.12. The third-order valence-electron chi connectivity index (χ3n) is 4.80. The van der Waals surface area contributed by atoms with E-state index in [1.165, 1.54) is 11.9 Å². The minimum Gasteiger partial charge on any atom is -0.293 e. The molecular weight excluding hydrogens is 366 g/mol. The van der Waals surface area contributed by atoms with Crippen molar-refractivity contribution in [1.82, 2.24) is 0 Å². The largest absolute Gasteiger partial charge is 0.293 e. The maximum atomic E-state index is 13.2. The van der Waals surface area contributed by atoms with Gasteiger partial charge in [0.2, 0.25) is 5.91 Å². The van der Waals surface area contributed by atoms with E-state index in [1.54, 1.807) is 24.3 Å². The van der Waals surface area contributed by atoms with E-state index in [9.17, 15) is 14.4 Å². The summed E-state index contributed by atoms with van der Waals surface area (Å²) < 4.78 is 0. The number of hydrogen-bond donors (Lipinski definition) is 0. The molecule has 0 unspecified atom stereocenters. The van der Waals surface area contributed by atoms with Gasteiger partial charge in [-0.2, -0.15) is 5.10 Å². The van der Waals surface area contributed by atoms with Crippen molar-refractivity contribution in [1.29, 1.82) is 0 Å². The number of para-hydroxylation sites is 1. The van der Waals surface area contributed by atoms with E-state index in [0.717, 1.165) is 10.5 Å². The number of Topliss-reactive ketones (excluding diaryl/α,β-unsaturated/α-hetero) is 1. The fourth-order valence-electron chi connectivity index (χ4n) is 3.49. The number of fused-ring (bicyclic) bond motifs is 1. The molecule has 27 heavy (non-hydrogen) atoms. The minimum atomic E-state index is -0.937. The van der Waals surface area contributed by atoms with E-state index < -0.39 is 23.8 Å². The smallest absolute Gasteiger partial charge is 0.259 e. The highest BCUT2D eigenvalue weighted by atomic mass is 35.5. The minimum absolute atomic E-state index is 0.0912. The molecule has 0 spiro atoms. The molecule has 2 atom stereocenters. The van der Waals surface area contributed by atoms with Crippen LogP contribution in [0.2, 0.25) is 5.02 Å². The molecule has 0 radical (unpaired) electrons. The van der Waals surface area contributed by atoms with Gasteiger partial charge >= 0.3 is 0 Å². The quantitative estimate of drug-likeness (QED) is 0.766. The van der Waals surface area contributed by atoms with Gasteiger partial charge in [0.05, 0.1) is 16.4 Å². The zero-order chi connectivity index (χ0) is 19.3. The Morgan fingerprint density at radius 2 is 1.70 bits per heavy atom. The fraction of sp³-hybridized carbons (Fsp3) is 0.200. The van der Waals surface area contributed by atoms with Gasteiger partial charge in [0.1, 0.15) is 17.7 Å². The molecule has 4 rings (SSSR count). The Morgan fingerprint density at radius 1 is 1.04 bits per heavy atom. The summed E-state index contributed by atoms with van der Waals surface area (Å²) in [6.07, 6.45) is 0. The van der Waals surface area contributed by atoms with Gasteiger partial charge in [-0.3, -0.25) is 19.4 Å². The molecule has 2 aliphatic rings. The number of aryl methyl sites for hydroxylation is 1. The Labute approximate surface area is 161 Å². The van der Waals surface area contributed by atoms with Crippen molar-refractivity contribution in [2.75, 3.05) is 9.91 Å². The average Bonchev–Trinajstić information content (AvgIpc) is 3.15. The van der Waals surface area contributed by atoms with Crippen molar-refractivity contribution in [3.63, 3.8) is 0 Å². The number of anilines is 2. The molecule has 2 aliphatic heterocycles. The summed E-state index contributed by atoms with van der Waals surface area (Å²) in [6, 6.07) is 13.2. The zero-order valence-electron chi connectivity index (χ0n) is 14.7. The molecule has 0 saturated carbocycles. The number of nitrogens with zero attached hydrogens (tertiary/aromatic N) is 3. The first kappa shape index (κ1) is 17.4. The molecule has 2 amide bonds. The van der Waals surface area contributed by atoms with E-state index in [0.29, 0.717) is 16.4 Å². The summed E-state index contributed by atoms with van der Waals surface area (Å²) in [5, 5.41) is 6.09.